The van der Waals surface area contributed by atoms with Crippen LogP contribution in [0.15, 0.2) is 36.7 Å². The van der Waals surface area contributed by atoms with Crippen molar-refractivity contribution in [2.45, 2.75) is 19.4 Å². The van der Waals surface area contributed by atoms with E-state index in [4.69, 9.17) is 4.74 Å². The van der Waals surface area contributed by atoms with Gasteiger partial charge in [0, 0.05) is 5.69 Å². The molecule has 0 bridgehead atoms. The molecule has 1 unspecified atom stereocenters. The SMILES string of the molecule is CCC(Nc1ccc(-n2nccn2)cc1)C(=O)OC. The fourth-order valence-electron chi connectivity index (χ4n) is 1.71. The summed E-state index contributed by atoms with van der Waals surface area (Å²) in [7, 11) is 1.39. The third-order valence-electron chi connectivity index (χ3n) is 2.75. The number of esters is 1. The molecule has 2 aromatic rings. The molecule has 1 N–H and O–H groups in total. The molecule has 1 aromatic heterocycles. The first-order chi connectivity index (χ1) is 9.24. The second-order valence-corrected chi connectivity index (χ2v) is 3.99. The maximum atomic E-state index is 11.5. The molecule has 6 heteroatoms. The minimum atomic E-state index is -0.335. The average Bonchev–Trinajstić information content (AvgIpc) is 2.98. The van der Waals surface area contributed by atoms with Crippen LogP contribution in [-0.4, -0.2) is 34.1 Å². The summed E-state index contributed by atoms with van der Waals surface area (Å²) in [6.07, 6.45) is 3.90. The summed E-state index contributed by atoms with van der Waals surface area (Å²) >= 11 is 0. The van der Waals surface area contributed by atoms with Gasteiger partial charge in [-0.3, -0.25) is 0 Å². The normalized spacial score (nSPS) is 11.9. The third kappa shape index (κ3) is 3.09. The third-order valence-corrected chi connectivity index (χ3v) is 2.75. The number of benzene rings is 1. The predicted molar refractivity (Wildman–Crippen MR) is 71.1 cm³/mol. The van der Waals surface area contributed by atoms with Crippen LogP contribution in [0.3, 0.4) is 0 Å². The second-order valence-electron chi connectivity index (χ2n) is 3.99. The lowest BCUT2D eigenvalue weighted by Gasteiger charge is -2.15. The van der Waals surface area contributed by atoms with E-state index in [0.717, 1.165) is 11.4 Å². The van der Waals surface area contributed by atoms with Gasteiger partial charge in [0.05, 0.1) is 25.2 Å². The molecule has 0 aliphatic carbocycles. The van der Waals surface area contributed by atoms with E-state index < -0.39 is 0 Å². The zero-order valence-corrected chi connectivity index (χ0v) is 10.9. The summed E-state index contributed by atoms with van der Waals surface area (Å²) in [6, 6.07) is 7.19. The predicted octanol–water partition coefficient (Wildman–Crippen LogP) is 1.63. The second kappa shape index (κ2) is 5.99. The van der Waals surface area contributed by atoms with Crippen molar-refractivity contribution in [3.63, 3.8) is 0 Å². The van der Waals surface area contributed by atoms with Crippen molar-refractivity contribution in [3.8, 4) is 5.69 Å². The number of rotatable bonds is 5. The first-order valence-corrected chi connectivity index (χ1v) is 6.05. The van der Waals surface area contributed by atoms with Crippen molar-refractivity contribution < 1.29 is 9.53 Å². The van der Waals surface area contributed by atoms with E-state index in [-0.39, 0.29) is 12.0 Å². The van der Waals surface area contributed by atoms with Crippen LogP contribution in [0.4, 0.5) is 5.69 Å². The number of hydrogen-bond acceptors (Lipinski definition) is 5. The molecule has 0 aliphatic heterocycles. The van der Waals surface area contributed by atoms with E-state index in [1.54, 1.807) is 12.4 Å². The van der Waals surface area contributed by atoms with Crippen LogP contribution in [0.25, 0.3) is 5.69 Å². The Morgan fingerprint density at radius 2 is 1.95 bits per heavy atom. The summed E-state index contributed by atoms with van der Waals surface area (Å²) in [6.45, 7) is 1.93. The minimum Gasteiger partial charge on any atom is -0.467 e. The number of carbonyl (C=O) groups is 1. The number of nitrogens with one attached hydrogen (secondary N) is 1. The number of aromatic nitrogens is 3. The highest BCUT2D eigenvalue weighted by Gasteiger charge is 2.16. The smallest absolute Gasteiger partial charge is 0.328 e. The maximum Gasteiger partial charge on any atom is 0.328 e. The van der Waals surface area contributed by atoms with Crippen molar-refractivity contribution in [1.82, 2.24) is 15.0 Å². The van der Waals surface area contributed by atoms with Crippen LogP contribution < -0.4 is 5.32 Å². The first-order valence-electron chi connectivity index (χ1n) is 6.05. The Labute approximate surface area is 111 Å². The molecular weight excluding hydrogens is 244 g/mol. The summed E-state index contributed by atoms with van der Waals surface area (Å²) < 4.78 is 4.73. The summed E-state index contributed by atoms with van der Waals surface area (Å²) in [4.78, 5) is 13.0. The molecule has 2 rings (SSSR count). The molecule has 0 fully saturated rings. The Bertz CT molecular complexity index is 522. The van der Waals surface area contributed by atoms with Gasteiger partial charge in [0.25, 0.3) is 0 Å². The average molecular weight is 260 g/mol. The van der Waals surface area contributed by atoms with Gasteiger partial charge in [-0.2, -0.15) is 15.0 Å². The van der Waals surface area contributed by atoms with E-state index in [0.29, 0.717) is 6.42 Å². The first kappa shape index (κ1) is 13.1. The molecule has 0 radical (unpaired) electrons. The molecule has 0 saturated carbocycles. The molecule has 0 amide bonds. The zero-order valence-electron chi connectivity index (χ0n) is 10.9. The number of methoxy groups -OCH3 is 1. The lowest BCUT2D eigenvalue weighted by Crippen LogP contribution is -2.29. The van der Waals surface area contributed by atoms with Gasteiger partial charge in [-0.05, 0) is 30.7 Å². The van der Waals surface area contributed by atoms with E-state index in [9.17, 15) is 4.79 Å². The van der Waals surface area contributed by atoms with Crippen LogP contribution in [0, 0.1) is 0 Å². The molecular formula is C13H16N4O2. The zero-order chi connectivity index (χ0) is 13.7. The van der Waals surface area contributed by atoms with E-state index >= 15 is 0 Å². The molecule has 1 aromatic carbocycles. The lowest BCUT2D eigenvalue weighted by atomic mass is 10.2. The molecule has 0 spiro atoms. The number of ether oxygens (including phenoxy) is 1. The van der Waals surface area contributed by atoms with Crippen molar-refractivity contribution in [3.05, 3.63) is 36.7 Å². The van der Waals surface area contributed by atoms with Crippen molar-refractivity contribution in [1.29, 1.82) is 0 Å². The van der Waals surface area contributed by atoms with E-state index in [1.807, 2.05) is 31.2 Å². The molecule has 100 valence electrons. The Kier molecular flexibility index (Phi) is 4.12. The van der Waals surface area contributed by atoms with Crippen LogP contribution in [0.5, 0.6) is 0 Å². The van der Waals surface area contributed by atoms with Gasteiger partial charge >= 0.3 is 5.97 Å². The molecule has 6 nitrogen and oxygen atoms in total. The van der Waals surface area contributed by atoms with Crippen molar-refractivity contribution >= 4 is 11.7 Å². The Hall–Kier alpha value is -2.37. The van der Waals surface area contributed by atoms with Gasteiger partial charge in [-0.1, -0.05) is 6.92 Å². The summed E-state index contributed by atoms with van der Waals surface area (Å²) in [5, 5.41) is 11.2. The van der Waals surface area contributed by atoms with Gasteiger partial charge in [-0.25, -0.2) is 4.79 Å². The van der Waals surface area contributed by atoms with E-state index in [2.05, 4.69) is 15.5 Å². The van der Waals surface area contributed by atoms with Gasteiger partial charge < -0.3 is 10.1 Å². The van der Waals surface area contributed by atoms with Crippen LogP contribution >= 0.6 is 0 Å². The standard InChI is InChI=1S/C13H16N4O2/c1-3-12(13(18)19-2)16-10-4-6-11(7-5-10)17-14-8-9-15-17/h4-9,12,16H,3H2,1-2H3. The molecule has 19 heavy (non-hydrogen) atoms. The lowest BCUT2D eigenvalue weighted by molar-refractivity contribution is -0.141. The minimum absolute atomic E-state index is 0.264. The van der Waals surface area contributed by atoms with Gasteiger partial charge in [0.1, 0.15) is 6.04 Å². The Morgan fingerprint density at radius 1 is 1.32 bits per heavy atom. The van der Waals surface area contributed by atoms with Crippen molar-refractivity contribution in [2.75, 3.05) is 12.4 Å². The number of carbonyl (C=O) groups excluding carboxylic acids is 1. The summed E-state index contributed by atoms with van der Waals surface area (Å²) in [5.74, 6) is -0.264. The van der Waals surface area contributed by atoms with Crippen LogP contribution in [-0.2, 0) is 9.53 Å². The fraction of sp³-hybridized carbons (Fsp3) is 0.308. The fourth-order valence-corrected chi connectivity index (χ4v) is 1.71. The van der Waals surface area contributed by atoms with E-state index in [1.165, 1.54) is 11.9 Å². The molecule has 0 aliphatic rings. The summed E-state index contributed by atoms with van der Waals surface area (Å²) in [5.41, 5.74) is 1.72. The van der Waals surface area contributed by atoms with Crippen LogP contribution in [0.1, 0.15) is 13.3 Å². The Balaban J connectivity index is 2.08. The molecule has 1 heterocycles. The highest BCUT2D eigenvalue weighted by Crippen LogP contribution is 2.14. The highest BCUT2D eigenvalue weighted by molar-refractivity contribution is 5.79. The maximum absolute atomic E-state index is 11.5. The van der Waals surface area contributed by atoms with Gasteiger partial charge in [-0.15, -0.1) is 0 Å². The molecule has 0 saturated heterocycles. The monoisotopic (exact) mass is 260 g/mol. The number of hydrogen-bond donors (Lipinski definition) is 1. The molecule has 1 atom stereocenters. The number of anilines is 1. The largest absolute Gasteiger partial charge is 0.467 e. The topological polar surface area (TPSA) is 69.0 Å². The number of nitrogens with zero attached hydrogens (tertiary/aromatic N) is 3. The Morgan fingerprint density at radius 3 is 2.47 bits per heavy atom. The highest BCUT2D eigenvalue weighted by atomic mass is 16.5. The quantitative estimate of drug-likeness (QED) is 0.827. The van der Waals surface area contributed by atoms with Crippen LogP contribution in [0.2, 0.25) is 0 Å². The van der Waals surface area contributed by atoms with Gasteiger partial charge in [0.2, 0.25) is 0 Å². The van der Waals surface area contributed by atoms with Crippen molar-refractivity contribution in [2.24, 2.45) is 0 Å². The van der Waals surface area contributed by atoms with Gasteiger partial charge in [0.15, 0.2) is 0 Å².